The van der Waals surface area contributed by atoms with Crippen molar-refractivity contribution in [3.63, 3.8) is 0 Å². The molecule has 1 N–H and O–H groups in total. The first-order valence-corrected chi connectivity index (χ1v) is 9.69. The lowest BCUT2D eigenvalue weighted by Gasteiger charge is -2.12. The van der Waals surface area contributed by atoms with Gasteiger partial charge in [-0.1, -0.05) is 22.0 Å². The third-order valence-corrected chi connectivity index (χ3v) is 5.90. The molecule has 0 aliphatic rings. The highest BCUT2D eigenvalue weighted by atomic mass is 79.9. The average Bonchev–Trinajstić information content (AvgIpc) is 2.59. The molecule has 6 nitrogen and oxygen atoms in total. The minimum atomic E-state index is -3.78. The van der Waals surface area contributed by atoms with Gasteiger partial charge >= 0.3 is 5.97 Å². The Morgan fingerprint density at radius 3 is 2.44 bits per heavy atom. The molecular weight excluding hydrogens is 412 g/mol. The minimum Gasteiger partial charge on any atom is -0.497 e. The number of hydrogen-bond acceptors (Lipinski definition) is 5. The summed E-state index contributed by atoms with van der Waals surface area (Å²) in [5.74, 6) is -0.410. The van der Waals surface area contributed by atoms with E-state index in [-0.39, 0.29) is 22.6 Å². The molecule has 0 atom stereocenters. The molecule has 0 amide bonds. The van der Waals surface area contributed by atoms with Gasteiger partial charge in [0, 0.05) is 10.5 Å². The molecule has 0 radical (unpaired) electrons. The van der Waals surface area contributed by atoms with Crippen molar-refractivity contribution < 1.29 is 27.8 Å². The third-order valence-electron chi connectivity index (χ3n) is 3.64. The predicted octanol–water partition coefficient (Wildman–Crippen LogP) is 3.18. The second kappa shape index (κ2) is 7.88. The molecule has 0 fully saturated rings. The van der Waals surface area contributed by atoms with E-state index in [4.69, 9.17) is 9.47 Å². The number of aryl methyl sites for hydroxylation is 1. The van der Waals surface area contributed by atoms with Gasteiger partial charge in [0.05, 0.1) is 30.4 Å². The maximum absolute atomic E-state index is 12.6. The van der Waals surface area contributed by atoms with Gasteiger partial charge in [-0.05, 0) is 36.2 Å². The number of rotatable bonds is 7. The fourth-order valence-electron chi connectivity index (χ4n) is 2.35. The van der Waals surface area contributed by atoms with Crippen LogP contribution >= 0.6 is 15.9 Å². The Bertz CT molecular complexity index is 892. The molecule has 2 aromatic rings. The van der Waals surface area contributed by atoms with Gasteiger partial charge in [-0.25, -0.2) is 13.2 Å². The summed E-state index contributed by atoms with van der Waals surface area (Å²) in [5.41, 5.74) is 0.442. The molecule has 0 unspecified atom stereocenters. The molecule has 0 spiro atoms. The van der Waals surface area contributed by atoms with Crippen LogP contribution in [0.4, 0.5) is 0 Å². The number of methoxy groups -OCH3 is 2. The molecule has 8 heteroatoms. The standard InChI is InChI=1S/C17H17BrO6S/c1-23-13-5-3-11(15(10-13)24-2)7-8-25(21,22)16-6-4-12(18)9-14(16)17(19)20/h3-6,9-10H,7-8H2,1-2H3,(H,19,20). The van der Waals surface area contributed by atoms with Gasteiger partial charge in [0.25, 0.3) is 0 Å². The number of carbonyl (C=O) groups is 1. The first kappa shape index (κ1) is 19.3. The van der Waals surface area contributed by atoms with Crippen molar-refractivity contribution in [1.29, 1.82) is 0 Å². The van der Waals surface area contributed by atoms with E-state index in [1.165, 1.54) is 32.4 Å². The van der Waals surface area contributed by atoms with Gasteiger partial charge in [-0.15, -0.1) is 0 Å². The lowest BCUT2D eigenvalue weighted by molar-refractivity contribution is 0.0692. The van der Waals surface area contributed by atoms with E-state index in [1.54, 1.807) is 18.2 Å². The number of carboxylic acids is 1. The molecule has 0 aliphatic carbocycles. The third kappa shape index (κ3) is 4.52. The zero-order chi connectivity index (χ0) is 18.6. The summed E-state index contributed by atoms with van der Waals surface area (Å²) in [6.07, 6.45) is 0.185. The Morgan fingerprint density at radius 1 is 1.12 bits per heavy atom. The largest absolute Gasteiger partial charge is 0.497 e. The van der Waals surface area contributed by atoms with Crippen LogP contribution in [0.1, 0.15) is 15.9 Å². The van der Waals surface area contributed by atoms with E-state index >= 15 is 0 Å². The van der Waals surface area contributed by atoms with Crippen LogP contribution in [-0.4, -0.2) is 39.5 Å². The first-order chi connectivity index (χ1) is 11.8. The van der Waals surface area contributed by atoms with E-state index in [0.29, 0.717) is 21.5 Å². The zero-order valence-electron chi connectivity index (χ0n) is 13.7. The van der Waals surface area contributed by atoms with E-state index in [1.807, 2.05) is 0 Å². The Morgan fingerprint density at radius 2 is 1.84 bits per heavy atom. The normalized spacial score (nSPS) is 11.2. The number of ether oxygens (including phenoxy) is 2. The Kier molecular flexibility index (Phi) is 6.07. The van der Waals surface area contributed by atoms with Crippen LogP contribution in [0.5, 0.6) is 11.5 Å². The predicted molar refractivity (Wildman–Crippen MR) is 96.4 cm³/mol. The molecule has 0 aromatic heterocycles. The number of aromatic carboxylic acids is 1. The fourth-order valence-corrected chi connectivity index (χ4v) is 4.18. The van der Waals surface area contributed by atoms with E-state index in [2.05, 4.69) is 15.9 Å². The number of benzene rings is 2. The van der Waals surface area contributed by atoms with Gasteiger partial charge < -0.3 is 14.6 Å². The van der Waals surface area contributed by atoms with Crippen LogP contribution in [0.15, 0.2) is 45.8 Å². The summed E-state index contributed by atoms with van der Waals surface area (Å²) in [6.45, 7) is 0. The molecule has 2 rings (SSSR count). The second-order valence-corrected chi connectivity index (χ2v) is 8.19. The molecule has 25 heavy (non-hydrogen) atoms. The monoisotopic (exact) mass is 428 g/mol. The van der Waals surface area contributed by atoms with Crippen molar-refractivity contribution in [3.8, 4) is 11.5 Å². The van der Waals surface area contributed by atoms with Crippen LogP contribution in [0.25, 0.3) is 0 Å². The van der Waals surface area contributed by atoms with Gasteiger partial charge in [0.2, 0.25) is 0 Å². The molecule has 0 aliphatic heterocycles. The number of sulfone groups is 1. The quantitative estimate of drug-likeness (QED) is 0.727. The number of halogens is 1. The molecule has 0 saturated heterocycles. The SMILES string of the molecule is COc1ccc(CCS(=O)(=O)c2ccc(Br)cc2C(=O)O)c(OC)c1. The van der Waals surface area contributed by atoms with Gasteiger partial charge in [-0.2, -0.15) is 0 Å². The lowest BCUT2D eigenvalue weighted by Crippen LogP contribution is -2.14. The highest BCUT2D eigenvalue weighted by Gasteiger charge is 2.23. The van der Waals surface area contributed by atoms with Crippen LogP contribution in [0.3, 0.4) is 0 Å². The fraction of sp³-hybridized carbons (Fsp3) is 0.235. The number of hydrogen-bond donors (Lipinski definition) is 1. The van der Waals surface area contributed by atoms with Crippen molar-refractivity contribution >= 4 is 31.7 Å². The molecule has 0 heterocycles. The van der Waals surface area contributed by atoms with Crippen molar-refractivity contribution in [2.24, 2.45) is 0 Å². The maximum Gasteiger partial charge on any atom is 0.337 e. The van der Waals surface area contributed by atoms with Gasteiger partial charge in [-0.3, -0.25) is 0 Å². The minimum absolute atomic E-state index is 0.185. The molecule has 0 saturated carbocycles. The second-order valence-electron chi connectivity index (χ2n) is 5.19. The first-order valence-electron chi connectivity index (χ1n) is 7.25. The van der Waals surface area contributed by atoms with Crippen molar-refractivity contribution in [1.82, 2.24) is 0 Å². The Labute approximate surface area is 154 Å². The van der Waals surface area contributed by atoms with Crippen LogP contribution in [0.2, 0.25) is 0 Å². The van der Waals surface area contributed by atoms with Gasteiger partial charge in [0.15, 0.2) is 9.84 Å². The summed E-state index contributed by atoms with van der Waals surface area (Å²) in [5, 5.41) is 9.26. The van der Waals surface area contributed by atoms with E-state index in [9.17, 15) is 18.3 Å². The lowest BCUT2D eigenvalue weighted by atomic mass is 10.1. The van der Waals surface area contributed by atoms with Crippen LogP contribution < -0.4 is 9.47 Å². The smallest absolute Gasteiger partial charge is 0.337 e. The van der Waals surface area contributed by atoms with Gasteiger partial charge in [0.1, 0.15) is 11.5 Å². The van der Waals surface area contributed by atoms with Crippen LogP contribution in [-0.2, 0) is 16.3 Å². The maximum atomic E-state index is 12.6. The molecule has 134 valence electrons. The number of carboxylic acid groups (broad SMARTS) is 1. The summed E-state index contributed by atoms with van der Waals surface area (Å²) >= 11 is 3.15. The van der Waals surface area contributed by atoms with E-state index < -0.39 is 15.8 Å². The topological polar surface area (TPSA) is 89.9 Å². The van der Waals surface area contributed by atoms with Crippen molar-refractivity contribution in [2.75, 3.05) is 20.0 Å². The van der Waals surface area contributed by atoms with Crippen molar-refractivity contribution in [2.45, 2.75) is 11.3 Å². The highest BCUT2D eigenvalue weighted by molar-refractivity contribution is 9.10. The average molecular weight is 429 g/mol. The van der Waals surface area contributed by atoms with E-state index in [0.717, 1.165) is 0 Å². The summed E-state index contributed by atoms with van der Waals surface area (Å²) in [7, 11) is -0.762. The summed E-state index contributed by atoms with van der Waals surface area (Å²) in [6, 6.07) is 9.20. The molecule has 0 bridgehead atoms. The Hall–Kier alpha value is -2.06. The Balaban J connectivity index is 2.30. The van der Waals surface area contributed by atoms with Crippen LogP contribution in [0, 0.1) is 0 Å². The molecule has 2 aromatic carbocycles. The summed E-state index contributed by atoms with van der Waals surface area (Å²) < 4.78 is 36.1. The highest BCUT2D eigenvalue weighted by Crippen LogP contribution is 2.27. The van der Waals surface area contributed by atoms with Crippen molar-refractivity contribution in [3.05, 3.63) is 52.0 Å². The summed E-state index contributed by atoms with van der Waals surface area (Å²) in [4.78, 5) is 11.1. The zero-order valence-corrected chi connectivity index (χ0v) is 16.1. The molecular formula is C17H17BrO6S.